The largest absolute Gasteiger partial charge is 0.492 e. The first-order valence-electron chi connectivity index (χ1n) is 7.08. The van der Waals surface area contributed by atoms with Crippen molar-refractivity contribution in [1.29, 1.82) is 0 Å². The predicted octanol–water partition coefficient (Wildman–Crippen LogP) is 2.86. The van der Waals surface area contributed by atoms with Crippen LogP contribution in [0.1, 0.15) is 24.2 Å². The van der Waals surface area contributed by atoms with E-state index < -0.39 is 0 Å². The normalized spacial score (nSPS) is 10.9. The Morgan fingerprint density at radius 1 is 1.27 bits per heavy atom. The molecule has 0 radical (unpaired) electrons. The molecular weight excluding hydrogens is 280 g/mol. The van der Waals surface area contributed by atoms with Crippen LogP contribution in [0.15, 0.2) is 42.5 Å². The van der Waals surface area contributed by atoms with Crippen LogP contribution in [-0.2, 0) is 4.79 Å². The summed E-state index contributed by atoms with van der Waals surface area (Å²) < 4.78 is 5.51. The van der Waals surface area contributed by atoms with Gasteiger partial charge in [0.1, 0.15) is 5.75 Å². The van der Waals surface area contributed by atoms with E-state index in [9.17, 15) is 9.59 Å². The summed E-state index contributed by atoms with van der Waals surface area (Å²) >= 11 is 0. The fraction of sp³-hybridized carbons (Fsp3) is 0.294. The van der Waals surface area contributed by atoms with Crippen molar-refractivity contribution in [2.24, 2.45) is 0 Å². The van der Waals surface area contributed by atoms with E-state index in [2.05, 4.69) is 5.32 Å². The zero-order valence-corrected chi connectivity index (χ0v) is 13.4. The van der Waals surface area contributed by atoms with Crippen LogP contribution in [0.25, 0.3) is 0 Å². The van der Waals surface area contributed by atoms with Crippen LogP contribution in [-0.4, -0.2) is 37.4 Å². The van der Waals surface area contributed by atoms with Gasteiger partial charge < -0.3 is 15.0 Å². The highest BCUT2D eigenvalue weighted by Crippen LogP contribution is 2.26. The van der Waals surface area contributed by atoms with Gasteiger partial charge in [-0.2, -0.15) is 0 Å². The Morgan fingerprint density at radius 3 is 2.59 bits per heavy atom. The third-order valence-electron chi connectivity index (χ3n) is 2.74. The van der Waals surface area contributed by atoms with Crippen molar-refractivity contribution in [2.45, 2.75) is 13.8 Å². The van der Waals surface area contributed by atoms with E-state index in [4.69, 9.17) is 4.74 Å². The van der Waals surface area contributed by atoms with Crippen LogP contribution in [0, 0.1) is 0 Å². The first-order valence-corrected chi connectivity index (χ1v) is 7.08. The first-order chi connectivity index (χ1) is 10.5. The third kappa shape index (κ3) is 5.09. The number of rotatable bonds is 6. The second kappa shape index (κ2) is 8.67. The van der Waals surface area contributed by atoms with Gasteiger partial charge in [0.15, 0.2) is 0 Å². The number of carbonyl (C=O) groups is 2. The summed E-state index contributed by atoms with van der Waals surface area (Å²) in [6.07, 6.45) is 6.67. The number of anilines is 1. The number of hydrogen-bond acceptors (Lipinski definition) is 3. The molecule has 0 atom stereocenters. The minimum Gasteiger partial charge on any atom is -0.492 e. The van der Waals surface area contributed by atoms with Crippen molar-refractivity contribution < 1.29 is 14.3 Å². The summed E-state index contributed by atoms with van der Waals surface area (Å²) in [5, 5.41) is 2.74. The molecule has 1 N–H and O–H groups in total. The molecule has 5 nitrogen and oxygen atoms in total. The highest BCUT2D eigenvalue weighted by Gasteiger charge is 2.13. The monoisotopic (exact) mass is 302 g/mol. The first kappa shape index (κ1) is 17.5. The topological polar surface area (TPSA) is 58.6 Å². The lowest BCUT2D eigenvalue weighted by molar-refractivity contribution is -0.111. The molecule has 1 aromatic carbocycles. The molecule has 0 spiro atoms. The SMILES string of the molecule is C/C=C/C=C\C(=O)Nc1ccc(C(=O)N(C)C)cc1OCC. The molecule has 0 saturated heterocycles. The Bertz CT molecular complexity index is 590. The van der Waals surface area contributed by atoms with Gasteiger partial charge in [0.05, 0.1) is 12.3 Å². The molecule has 2 amide bonds. The van der Waals surface area contributed by atoms with Gasteiger partial charge in [-0.25, -0.2) is 0 Å². The second-order valence-electron chi connectivity index (χ2n) is 4.72. The summed E-state index contributed by atoms with van der Waals surface area (Å²) in [6.45, 7) is 4.16. The summed E-state index contributed by atoms with van der Waals surface area (Å²) in [6, 6.07) is 4.97. The number of amides is 2. The number of benzene rings is 1. The van der Waals surface area contributed by atoms with Gasteiger partial charge in [-0.1, -0.05) is 18.2 Å². The van der Waals surface area contributed by atoms with Crippen molar-refractivity contribution in [3.05, 3.63) is 48.1 Å². The molecule has 0 saturated carbocycles. The smallest absolute Gasteiger partial charge is 0.253 e. The highest BCUT2D eigenvalue weighted by molar-refractivity contribution is 6.01. The summed E-state index contributed by atoms with van der Waals surface area (Å²) in [4.78, 5) is 25.3. The Kier molecular flexibility index (Phi) is 6.89. The van der Waals surface area contributed by atoms with Gasteiger partial charge >= 0.3 is 0 Å². The second-order valence-corrected chi connectivity index (χ2v) is 4.72. The minimum absolute atomic E-state index is 0.119. The zero-order chi connectivity index (χ0) is 16.5. The lowest BCUT2D eigenvalue weighted by Gasteiger charge is -2.14. The maximum atomic E-state index is 12.0. The number of carbonyl (C=O) groups excluding carboxylic acids is 2. The molecular formula is C17H22N2O3. The molecule has 0 heterocycles. The Labute approximate surface area is 131 Å². The molecule has 0 bridgehead atoms. The highest BCUT2D eigenvalue weighted by atomic mass is 16.5. The lowest BCUT2D eigenvalue weighted by atomic mass is 10.1. The van der Waals surface area contributed by atoms with Crippen LogP contribution in [0.3, 0.4) is 0 Å². The van der Waals surface area contributed by atoms with Crippen LogP contribution < -0.4 is 10.1 Å². The van der Waals surface area contributed by atoms with Crippen LogP contribution in [0.4, 0.5) is 5.69 Å². The van der Waals surface area contributed by atoms with Gasteiger partial charge in [0.2, 0.25) is 5.91 Å². The molecule has 0 unspecified atom stereocenters. The predicted molar refractivity (Wildman–Crippen MR) is 88.2 cm³/mol. The van der Waals surface area contributed by atoms with E-state index in [1.807, 2.05) is 19.9 Å². The van der Waals surface area contributed by atoms with E-state index in [-0.39, 0.29) is 11.8 Å². The Balaban J connectivity index is 2.99. The molecule has 1 aromatic rings. The maximum absolute atomic E-state index is 12.0. The third-order valence-corrected chi connectivity index (χ3v) is 2.74. The zero-order valence-electron chi connectivity index (χ0n) is 13.4. The molecule has 0 aliphatic carbocycles. The van der Waals surface area contributed by atoms with Crippen LogP contribution in [0.2, 0.25) is 0 Å². The van der Waals surface area contributed by atoms with Gasteiger partial charge in [0, 0.05) is 25.7 Å². The standard InChI is InChI=1S/C17H22N2O3/c1-5-7-8-9-16(20)18-14-11-10-13(17(21)19(3)4)12-15(14)22-6-2/h5,7-12H,6H2,1-4H3,(H,18,20)/b7-5+,9-8-. The van der Waals surface area contributed by atoms with Crippen molar-refractivity contribution >= 4 is 17.5 Å². The van der Waals surface area contributed by atoms with Gasteiger partial charge in [-0.3, -0.25) is 9.59 Å². The average molecular weight is 302 g/mol. The summed E-state index contributed by atoms with van der Waals surface area (Å²) in [5.41, 5.74) is 1.04. The molecule has 5 heteroatoms. The molecule has 0 aliphatic rings. The van der Waals surface area contributed by atoms with Crippen molar-refractivity contribution in [3.8, 4) is 5.75 Å². The maximum Gasteiger partial charge on any atom is 0.253 e. The van der Waals surface area contributed by atoms with Gasteiger partial charge in [0.25, 0.3) is 5.91 Å². The van der Waals surface area contributed by atoms with Gasteiger partial charge in [-0.05, 0) is 32.0 Å². The van der Waals surface area contributed by atoms with Crippen molar-refractivity contribution in [3.63, 3.8) is 0 Å². The van der Waals surface area contributed by atoms with E-state index in [0.29, 0.717) is 23.6 Å². The number of hydrogen-bond donors (Lipinski definition) is 1. The van der Waals surface area contributed by atoms with Crippen molar-refractivity contribution in [1.82, 2.24) is 4.90 Å². The molecule has 118 valence electrons. The number of ether oxygens (including phenoxy) is 1. The molecule has 0 fully saturated rings. The number of nitrogens with zero attached hydrogens (tertiary/aromatic N) is 1. The lowest BCUT2D eigenvalue weighted by Crippen LogP contribution is -2.21. The Morgan fingerprint density at radius 2 is 2.00 bits per heavy atom. The molecule has 1 rings (SSSR count). The van der Waals surface area contributed by atoms with E-state index in [1.54, 1.807) is 44.4 Å². The van der Waals surface area contributed by atoms with E-state index >= 15 is 0 Å². The molecule has 0 aromatic heterocycles. The van der Waals surface area contributed by atoms with Crippen LogP contribution >= 0.6 is 0 Å². The fourth-order valence-electron chi connectivity index (χ4n) is 1.72. The van der Waals surface area contributed by atoms with Crippen molar-refractivity contribution in [2.75, 3.05) is 26.0 Å². The number of nitrogens with one attached hydrogen (secondary N) is 1. The average Bonchev–Trinajstić information content (AvgIpc) is 2.48. The number of allylic oxidation sites excluding steroid dienone is 3. The van der Waals surface area contributed by atoms with Gasteiger partial charge in [-0.15, -0.1) is 0 Å². The molecule has 0 aliphatic heterocycles. The van der Waals surface area contributed by atoms with Crippen LogP contribution in [0.5, 0.6) is 5.75 Å². The summed E-state index contributed by atoms with van der Waals surface area (Å²) in [5.74, 6) is 0.0977. The fourth-order valence-corrected chi connectivity index (χ4v) is 1.72. The Hall–Kier alpha value is -2.56. The summed E-state index contributed by atoms with van der Waals surface area (Å²) in [7, 11) is 3.37. The molecule has 22 heavy (non-hydrogen) atoms. The minimum atomic E-state index is -0.259. The van der Waals surface area contributed by atoms with E-state index in [1.165, 1.54) is 11.0 Å². The van der Waals surface area contributed by atoms with E-state index in [0.717, 1.165) is 0 Å². The quantitative estimate of drug-likeness (QED) is 0.649.